The Morgan fingerprint density at radius 3 is 2.62 bits per heavy atom. The maximum Gasteiger partial charge on any atom is 0.412 e. The number of amides is 1. The summed E-state index contributed by atoms with van der Waals surface area (Å²) in [5.74, 6) is 0.534. The Morgan fingerprint density at radius 2 is 1.96 bits per heavy atom. The molecule has 0 fully saturated rings. The molecular formula is C16H20ClN5O2. The molecule has 0 saturated carbocycles. The molecule has 3 N–H and O–H groups in total. The van der Waals surface area contributed by atoms with Gasteiger partial charge < -0.3 is 15.4 Å². The molecule has 1 aromatic carbocycles. The highest BCUT2D eigenvalue weighted by Gasteiger charge is 2.16. The Balaban J connectivity index is 2.13. The fourth-order valence-electron chi connectivity index (χ4n) is 1.87. The Bertz CT molecular complexity index is 731. The van der Waals surface area contributed by atoms with E-state index in [2.05, 4.69) is 25.9 Å². The third kappa shape index (κ3) is 5.27. The number of rotatable bonds is 4. The third-order valence-electron chi connectivity index (χ3n) is 2.80. The van der Waals surface area contributed by atoms with Gasteiger partial charge in [0.2, 0.25) is 5.28 Å². The lowest BCUT2D eigenvalue weighted by molar-refractivity contribution is 0.0636. The van der Waals surface area contributed by atoms with Crippen LogP contribution in [0.15, 0.2) is 30.5 Å². The quantitative estimate of drug-likeness (QED) is 0.715. The van der Waals surface area contributed by atoms with E-state index >= 15 is 0 Å². The molecule has 128 valence electrons. The molecule has 0 unspecified atom stereocenters. The highest BCUT2D eigenvalue weighted by molar-refractivity contribution is 6.28. The third-order valence-corrected chi connectivity index (χ3v) is 2.98. The number of carbonyl (C=O) groups excluding carboxylic acids is 1. The smallest absolute Gasteiger partial charge is 0.412 e. The van der Waals surface area contributed by atoms with Crippen LogP contribution in [-0.2, 0) is 4.74 Å². The summed E-state index contributed by atoms with van der Waals surface area (Å²) < 4.78 is 5.23. The lowest BCUT2D eigenvalue weighted by atomic mass is 10.2. The average molecular weight is 350 g/mol. The van der Waals surface area contributed by atoms with Crippen molar-refractivity contribution < 1.29 is 9.53 Å². The van der Waals surface area contributed by atoms with Crippen LogP contribution < -0.4 is 16.0 Å². The summed E-state index contributed by atoms with van der Waals surface area (Å²) in [4.78, 5) is 19.9. The van der Waals surface area contributed by atoms with Crippen LogP contribution >= 0.6 is 11.6 Å². The number of halogens is 1. The van der Waals surface area contributed by atoms with Gasteiger partial charge in [-0.25, -0.2) is 9.78 Å². The van der Waals surface area contributed by atoms with Crippen LogP contribution in [0, 0.1) is 0 Å². The van der Waals surface area contributed by atoms with Crippen molar-refractivity contribution in [3.05, 3.63) is 35.7 Å². The molecule has 0 aliphatic heterocycles. The molecular weight excluding hydrogens is 330 g/mol. The van der Waals surface area contributed by atoms with Crippen LogP contribution in [-0.4, -0.2) is 28.7 Å². The predicted molar refractivity (Wildman–Crippen MR) is 96.2 cm³/mol. The van der Waals surface area contributed by atoms with Crippen LogP contribution in [0.4, 0.5) is 27.7 Å². The van der Waals surface area contributed by atoms with E-state index in [9.17, 15) is 4.79 Å². The van der Waals surface area contributed by atoms with Crippen LogP contribution in [0.25, 0.3) is 0 Å². The van der Waals surface area contributed by atoms with Gasteiger partial charge in [0.05, 0.1) is 11.9 Å². The highest BCUT2D eigenvalue weighted by Crippen LogP contribution is 2.25. The van der Waals surface area contributed by atoms with Gasteiger partial charge in [-0.1, -0.05) is 6.07 Å². The Hall–Kier alpha value is -2.54. The molecule has 1 amide bonds. The summed E-state index contributed by atoms with van der Waals surface area (Å²) in [5.41, 5.74) is 1.47. The topological polar surface area (TPSA) is 88.2 Å². The second kappa shape index (κ2) is 7.35. The van der Waals surface area contributed by atoms with Crippen LogP contribution in [0.1, 0.15) is 20.8 Å². The summed E-state index contributed by atoms with van der Waals surface area (Å²) in [7, 11) is 1.76. The number of nitrogens with one attached hydrogen (secondary N) is 3. The molecule has 8 heteroatoms. The molecule has 0 radical (unpaired) electrons. The number of aromatic nitrogens is 2. The van der Waals surface area contributed by atoms with E-state index in [1.165, 1.54) is 0 Å². The Labute approximate surface area is 145 Å². The molecule has 24 heavy (non-hydrogen) atoms. The van der Waals surface area contributed by atoms with Gasteiger partial charge in [0, 0.05) is 18.4 Å². The number of nitrogens with zero attached hydrogens (tertiary/aromatic N) is 2. The van der Waals surface area contributed by atoms with Crippen molar-refractivity contribution in [2.24, 2.45) is 0 Å². The first-order valence-electron chi connectivity index (χ1n) is 7.34. The number of anilines is 4. The zero-order valence-electron chi connectivity index (χ0n) is 14.0. The van der Waals surface area contributed by atoms with Crippen molar-refractivity contribution in [1.82, 2.24) is 9.97 Å². The molecule has 7 nitrogen and oxygen atoms in total. The summed E-state index contributed by atoms with van der Waals surface area (Å²) in [6.07, 6.45) is 1.07. The van der Waals surface area contributed by atoms with Gasteiger partial charge in [-0.3, -0.25) is 5.32 Å². The van der Waals surface area contributed by atoms with Crippen molar-refractivity contribution in [2.75, 3.05) is 23.0 Å². The first-order chi connectivity index (χ1) is 11.3. The van der Waals surface area contributed by atoms with E-state index in [-0.39, 0.29) is 5.28 Å². The molecule has 1 heterocycles. The van der Waals surface area contributed by atoms with Gasteiger partial charge in [-0.05, 0) is 50.6 Å². The number of hydrogen-bond donors (Lipinski definition) is 3. The molecule has 0 aliphatic rings. The predicted octanol–water partition coefficient (Wildman–Crippen LogP) is 4.26. The van der Waals surface area contributed by atoms with E-state index in [1.807, 2.05) is 26.8 Å². The lowest BCUT2D eigenvalue weighted by Crippen LogP contribution is -2.27. The molecule has 0 atom stereocenters. The van der Waals surface area contributed by atoms with E-state index < -0.39 is 11.7 Å². The number of benzene rings is 1. The molecule has 0 aliphatic carbocycles. The van der Waals surface area contributed by atoms with Crippen molar-refractivity contribution in [1.29, 1.82) is 0 Å². The average Bonchev–Trinajstić information content (AvgIpc) is 2.45. The second-order valence-electron chi connectivity index (χ2n) is 5.98. The Morgan fingerprint density at radius 1 is 1.25 bits per heavy atom. The van der Waals surface area contributed by atoms with E-state index in [4.69, 9.17) is 16.3 Å². The molecule has 0 bridgehead atoms. The van der Waals surface area contributed by atoms with Gasteiger partial charge in [0.15, 0.2) is 5.82 Å². The van der Waals surface area contributed by atoms with Crippen LogP contribution in [0.3, 0.4) is 0 Å². The fourth-order valence-corrected chi connectivity index (χ4v) is 2.00. The molecule has 1 aromatic heterocycles. The van der Waals surface area contributed by atoms with Gasteiger partial charge in [-0.15, -0.1) is 0 Å². The standard InChI is InChI=1S/C16H20ClN5O2/c1-16(2,3)24-15(23)21-11-7-5-6-10(8-11)20-13-12(18-4)9-19-14(17)22-13/h5-9,18H,1-4H3,(H,21,23)(H,19,20,22). The van der Waals surface area contributed by atoms with Gasteiger partial charge in [0.25, 0.3) is 0 Å². The van der Waals surface area contributed by atoms with Crippen molar-refractivity contribution in [3.8, 4) is 0 Å². The molecule has 0 spiro atoms. The highest BCUT2D eigenvalue weighted by atomic mass is 35.5. The lowest BCUT2D eigenvalue weighted by Gasteiger charge is -2.19. The minimum Gasteiger partial charge on any atom is -0.444 e. The normalized spacial score (nSPS) is 10.9. The monoisotopic (exact) mass is 349 g/mol. The van der Waals surface area contributed by atoms with Gasteiger partial charge in [0.1, 0.15) is 5.60 Å². The Kier molecular flexibility index (Phi) is 5.46. The van der Waals surface area contributed by atoms with Crippen molar-refractivity contribution in [3.63, 3.8) is 0 Å². The molecule has 0 saturated heterocycles. The number of ether oxygens (including phenoxy) is 1. The summed E-state index contributed by atoms with van der Waals surface area (Å²) in [6.45, 7) is 5.42. The van der Waals surface area contributed by atoms with E-state index in [0.717, 1.165) is 5.69 Å². The van der Waals surface area contributed by atoms with Gasteiger partial charge >= 0.3 is 6.09 Å². The first kappa shape index (κ1) is 17.8. The SMILES string of the molecule is CNc1cnc(Cl)nc1Nc1cccc(NC(=O)OC(C)(C)C)c1. The number of hydrogen-bond acceptors (Lipinski definition) is 6. The molecule has 2 rings (SSSR count). The van der Waals surface area contributed by atoms with Crippen molar-refractivity contribution >= 4 is 40.6 Å². The first-order valence-corrected chi connectivity index (χ1v) is 7.72. The van der Waals surface area contributed by atoms with Crippen LogP contribution in [0.2, 0.25) is 5.28 Å². The minimum absolute atomic E-state index is 0.138. The largest absolute Gasteiger partial charge is 0.444 e. The summed E-state index contributed by atoms with van der Waals surface area (Å²) in [5, 5.41) is 8.94. The zero-order valence-corrected chi connectivity index (χ0v) is 14.7. The molecule has 2 aromatic rings. The summed E-state index contributed by atoms with van der Waals surface area (Å²) in [6, 6.07) is 7.17. The van der Waals surface area contributed by atoms with Gasteiger partial charge in [-0.2, -0.15) is 4.98 Å². The number of carbonyl (C=O) groups is 1. The maximum absolute atomic E-state index is 11.8. The van der Waals surface area contributed by atoms with E-state index in [0.29, 0.717) is 17.2 Å². The zero-order chi connectivity index (χ0) is 17.7. The maximum atomic E-state index is 11.8. The van der Waals surface area contributed by atoms with Crippen LogP contribution in [0.5, 0.6) is 0 Å². The summed E-state index contributed by atoms with van der Waals surface area (Å²) >= 11 is 5.84. The van der Waals surface area contributed by atoms with Crippen molar-refractivity contribution in [2.45, 2.75) is 26.4 Å². The second-order valence-corrected chi connectivity index (χ2v) is 6.32. The fraction of sp³-hybridized carbons (Fsp3) is 0.312. The minimum atomic E-state index is -0.556. The van der Waals surface area contributed by atoms with E-state index in [1.54, 1.807) is 31.4 Å².